The number of nitrogens with zero attached hydrogens (tertiary/aromatic N) is 1. The Morgan fingerprint density at radius 3 is 1.85 bits per heavy atom. The molecule has 0 aliphatic rings. The van der Waals surface area contributed by atoms with Crippen molar-refractivity contribution in [3.8, 4) is 11.1 Å². The van der Waals surface area contributed by atoms with E-state index in [1.807, 2.05) is 0 Å². The molecule has 4 aromatic rings. The van der Waals surface area contributed by atoms with E-state index < -0.39 is 0 Å². The van der Waals surface area contributed by atoms with Gasteiger partial charge in [0.1, 0.15) is 0 Å². The van der Waals surface area contributed by atoms with Gasteiger partial charge in [0.2, 0.25) is 0 Å². The molecule has 0 unspecified atom stereocenters. The molecule has 0 N–H and O–H groups in total. The van der Waals surface area contributed by atoms with Crippen LogP contribution in [-0.4, -0.2) is 5.54 Å². The molecule has 134 valence electrons. The van der Waals surface area contributed by atoms with Crippen molar-refractivity contribution in [3.63, 3.8) is 0 Å². The van der Waals surface area contributed by atoms with Crippen LogP contribution in [0.5, 0.6) is 0 Å². The Morgan fingerprint density at radius 2 is 1.15 bits per heavy atom. The molecule has 4 aromatic carbocycles. The topological polar surface area (TPSA) is 3.24 Å². The Balaban J connectivity index is 1.77. The minimum absolute atomic E-state index is 0.0116. The maximum atomic E-state index is 2.39. The summed E-state index contributed by atoms with van der Waals surface area (Å²) in [4.78, 5) is 2.39. The van der Waals surface area contributed by atoms with Crippen LogP contribution in [0.25, 0.3) is 21.9 Å². The number of fused-ring (bicyclic) bond motifs is 1. The van der Waals surface area contributed by atoms with E-state index in [2.05, 4.69) is 123 Å². The zero-order chi connectivity index (χ0) is 18.9. The molecular weight excluding hydrogens is 326 g/mol. The smallest absolute Gasteiger partial charge is 0.0416 e. The predicted octanol–water partition coefficient (Wildman–Crippen LogP) is 7.44. The summed E-state index contributed by atoms with van der Waals surface area (Å²) in [6, 6.07) is 34.6. The standard InChI is InChI=1S/C26H25N/c1-26(2,3)27(22-12-5-4-6-13-22)23-18-16-21(17-19-23)25-15-9-11-20-10-7-8-14-24(20)25/h4-19H,1-3H3. The van der Waals surface area contributed by atoms with Crippen molar-refractivity contribution >= 4 is 22.1 Å². The lowest BCUT2D eigenvalue weighted by molar-refractivity contribution is 0.560. The first-order chi connectivity index (χ1) is 13.0. The number of para-hydroxylation sites is 1. The Morgan fingerprint density at radius 1 is 0.556 bits per heavy atom. The lowest BCUT2D eigenvalue weighted by Gasteiger charge is -2.38. The third kappa shape index (κ3) is 3.46. The van der Waals surface area contributed by atoms with Gasteiger partial charge in [-0.2, -0.15) is 0 Å². The highest BCUT2D eigenvalue weighted by atomic mass is 15.2. The Hall–Kier alpha value is -3.06. The molecule has 0 radical (unpaired) electrons. The summed E-state index contributed by atoms with van der Waals surface area (Å²) in [5, 5.41) is 2.57. The quantitative estimate of drug-likeness (QED) is 0.370. The van der Waals surface area contributed by atoms with E-state index in [1.54, 1.807) is 0 Å². The maximum Gasteiger partial charge on any atom is 0.0416 e. The summed E-state index contributed by atoms with van der Waals surface area (Å²) in [5.41, 5.74) is 4.93. The normalized spacial score (nSPS) is 11.5. The highest BCUT2D eigenvalue weighted by Crippen LogP contribution is 2.35. The number of anilines is 2. The highest BCUT2D eigenvalue weighted by molar-refractivity contribution is 5.96. The van der Waals surface area contributed by atoms with E-state index in [-0.39, 0.29) is 5.54 Å². The van der Waals surface area contributed by atoms with Gasteiger partial charge in [-0.3, -0.25) is 0 Å². The van der Waals surface area contributed by atoms with Gasteiger partial charge < -0.3 is 4.90 Å². The van der Waals surface area contributed by atoms with E-state index in [1.165, 1.54) is 33.3 Å². The lowest BCUT2D eigenvalue weighted by atomic mass is 9.97. The van der Waals surface area contributed by atoms with Gasteiger partial charge in [0, 0.05) is 16.9 Å². The van der Waals surface area contributed by atoms with Gasteiger partial charge >= 0.3 is 0 Å². The van der Waals surface area contributed by atoms with Gasteiger partial charge in [0.15, 0.2) is 0 Å². The van der Waals surface area contributed by atoms with Crippen LogP contribution in [-0.2, 0) is 0 Å². The summed E-state index contributed by atoms with van der Waals surface area (Å²) in [6.45, 7) is 6.75. The molecular formula is C26H25N. The number of hydrogen-bond donors (Lipinski definition) is 0. The van der Waals surface area contributed by atoms with Crippen molar-refractivity contribution in [2.24, 2.45) is 0 Å². The Kier molecular flexibility index (Phi) is 4.45. The first kappa shape index (κ1) is 17.4. The molecule has 0 heterocycles. The van der Waals surface area contributed by atoms with Crippen molar-refractivity contribution in [1.29, 1.82) is 0 Å². The van der Waals surface area contributed by atoms with E-state index in [0.717, 1.165) is 0 Å². The Labute approximate surface area is 161 Å². The molecule has 0 bridgehead atoms. The fourth-order valence-electron chi connectivity index (χ4n) is 3.77. The van der Waals surface area contributed by atoms with Gasteiger partial charge in [-0.1, -0.05) is 72.8 Å². The van der Waals surface area contributed by atoms with Crippen LogP contribution in [0.2, 0.25) is 0 Å². The molecule has 1 nitrogen and oxygen atoms in total. The second-order valence-corrected chi connectivity index (χ2v) is 7.92. The van der Waals surface area contributed by atoms with Crippen LogP contribution in [0, 0.1) is 0 Å². The van der Waals surface area contributed by atoms with E-state index in [0.29, 0.717) is 0 Å². The minimum atomic E-state index is -0.0116. The van der Waals surface area contributed by atoms with Crippen molar-refractivity contribution in [2.75, 3.05) is 4.90 Å². The second-order valence-electron chi connectivity index (χ2n) is 7.92. The molecule has 0 amide bonds. The summed E-state index contributed by atoms with van der Waals surface area (Å²) in [5.74, 6) is 0. The molecule has 4 rings (SSSR count). The SMILES string of the molecule is CC(C)(C)N(c1ccccc1)c1ccc(-c2cccc3ccccc23)cc1. The van der Waals surface area contributed by atoms with Crippen LogP contribution in [0.4, 0.5) is 11.4 Å². The van der Waals surface area contributed by atoms with Gasteiger partial charge in [0.25, 0.3) is 0 Å². The van der Waals surface area contributed by atoms with Gasteiger partial charge in [-0.05, 0) is 66.9 Å². The van der Waals surface area contributed by atoms with E-state index in [4.69, 9.17) is 0 Å². The zero-order valence-corrected chi connectivity index (χ0v) is 16.2. The monoisotopic (exact) mass is 351 g/mol. The third-order valence-electron chi connectivity index (χ3n) is 4.91. The van der Waals surface area contributed by atoms with Crippen LogP contribution in [0.1, 0.15) is 20.8 Å². The predicted molar refractivity (Wildman–Crippen MR) is 118 cm³/mol. The highest BCUT2D eigenvalue weighted by Gasteiger charge is 2.23. The molecule has 0 saturated heterocycles. The first-order valence-electron chi connectivity index (χ1n) is 9.47. The first-order valence-corrected chi connectivity index (χ1v) is 9.47. The fraction of sp³-hybridized carbons (Fsp3) is 0.154. The molecule has 1 heteroatoms. The number of rotatable bonds is 3. The fourth-order valence-corrected chi connectivity index (χ4v) is 3.77. The van der Waals surface area contributed by atoms with Crippen molar-refractivity contribution < 1.29 is 0 Å². The van der Waals surface area contributed by atoms with Gasteiger partial charge in [-0.25, -0.2) is 0 Å². The lowest BCUT2D eigenvalue weighted by Crippen LogP contribution is -2.37. The van der Waals surface area contributed by atoms with Crippen LogP contribution in [0.3, 0.4) is 0 Å². The molecule has 0 spiro atoms. The number of benzene rings is 4. The Bertz CT molecular complexity index is 1040. The molecule has 0 saturated carbocycles. The molecule has 0 fully saturated rings. The summed E-state index contributed by atoms with van der Waals surface area (Å²) < 4.78 is 0. The van der Waals surface area contributed by atoms with E-state index in [9.17, 15) is 0 Å². The van der Waals surface area contributed by atoms with Crippen LogP contribution >= 0.6 is 0 Å². The average molecular weight is 351 g/mol. The molecule has 0 aliphatic carbocycles. The number of hydrogen-bond acceptors (Lipinski definition) is 1. The minimum Gasteiger partial charge on any atom is -0.336 e. The summed E-state index contributed by atoms with van der Waals surface area (Å²) >= 11 is 0. The second kappa shape index (κ2) is 6.92. The molecule has 0 aliphatic heterocycles. The van der Waals surface area contributed by atoms with Gasteiger partial charge in [-0.15, -0.1) is 0 Å². The summed E-state index contributed by atoms with van der Waals surface area (Å²) in [7, 11) is 0. The van der Waals surface area contributed by atoms with Crippen molar-refractivity contribution in [1.82, 2.24) is 0 Å². The molecule has 0 atom stereocenters. The summed E-state index contributed by atoms with van der Waals surface area (Å²) in [6.07, 6.45) is 0. The maximum absolute atomic E-state index is 2.39. The average Bonchev–Trinajstić information content (AvgIpc) is 2.68. The molecule has 0 aromatic heterocycles. The van der Waals surface area contributed by atoms with Crippen LogP contribution < -0.4 is 4.90 Å². The zero-order valence-electron chi connectivity index (χ0n) is 16.2. The van der Waals surface area contributed by atoms with Crippen molar-refractivity contribution in [2.45, 2.75) is 26.3 Å². The largest absolute Gasteiger partial charge is 0.336 e. The molecule has 27 heavy (non-hydrogen) atoms. The van der Waals surface area contributed by atoms with E-state index >= 15 is 0 Å². The third-order valence-corrected chi connectivity index (χ3v) is 4.91. The van der Waals surface area contributed by atoms with Crippen molar-refractivity contribution in [3.05, 3.63) is 97.1 Å². The van der Waals surface area contributed by atoms with Crippen LogP contribution in [0.15, 0.2) is 97.1 Å². The van der Waals surface area contributed by atoms with Gasteiger partial charge in [0.05, 0.1) is 0 Å².